The van der Waals surface area contributed by atoms with E-state index in [9.17, 15) is 0 Å². The third-order valence-electron chi connectivity index (χ3n) is 5.97. The Bertz CT molecular complexity index is 275. The van der Waals surface area contributed by atoms with Crippen LogP contribution in [0, 0.1) is 0 Å². The van der Waals surface area contributed by atoms with Gasteiger partial charge in [0.15, 0.2) is 0 Å². The first kappa shape index (κ1) is 31.6. The highest BCUT2D eigenvalue weighted by Gasteiger charge is 1.96. The summed E-state index contributed by atoms with van der Waals surface area (Å²) in [4.78, 5) is 0. The predicted molar refractivity (Wildman–Crippen MR) is 146 cm³/mol. The van der Waals surface area contributed by atoms with Gasteiger partial charge < -0.3 is 10.2 Å². The highest BCUT2D eigenvalue weighted by molar-refractivity contribution is 7.99. The van der Waals surface area contributed by atoms with Crippen molar-refractivity contribution in [3.8, 4) is 0 Å². The molecule has 0 aliphatic heterocycles. The molecule has 2 N–H and O–H groups in total. The molecular weight excluding hydrogens is 420 g/mol. The summed E-state index contributed by atoms with van der Waals surface area (Å²) in [6.07, 6.45) is 28.1. The van der Waals surface area contributed by atoms with Gasteiger partial charge in [0.25, 0.3) is 0 Å². The van der Waals surface area contributed by atoms with Crippen molar-refractivity contribution in [1.82, 2.24) is 0 Å². The number of unbranched alkanes of at least 4 members (excludes halogenated alkanes) is 18. The van der Waals surface area contributed by atoms with E-state index in [0.29, 0.717) is 13.2 Å². The first-order valence-electron chi connectivity index (χ1n) is 13.8. The van der Waals surface area contributed by atoms with Gasteiger partial charge in [-0.25, -0.2) is 0 Å². The fourth-order valence-corrected chi connectivity index (χ4v) is 5.94. The van der Waals surface area contributed by atoms with Crippen molar-refractivity contribution in [2.24, 2.45) is 0 Å². The van der Waals surface area contributed by atoms with Crippen LogP contribution in [0.5, 0.6) is 0 Å². The third kappa shape index (κ3) is 30.6. The van der Waals surface area contributed by atoms with Crippen LogP contribution in [0.3, 0.4) is 0 Å². The van der Waals surface area contributed by atoms with Crippen molar-refractivity contribution in [3.05, 3.63) is 0 Å². The van der Waals surface area contributed by atoms with Gasteiger partial charge in [0.1, 0.15) is 0 Å². The largest absolute Gasteiger partial charge is 0.396 e. The van der Waals surface area contributed by atoms with Crippen LogP contribution in [0.4, 0.5) is 0 Å². The average molecular weight is 477 g/mol. The molecule has 31 heavy (non-hydrogen) atoms. The number of hydrogen-bond donors (Lipinski definition) is 2. The molecule has 0 saturated heterocycles. The lowest BCUT2D eigenvalue weighted by Gasteiger charge is -2.04. The molecule has 0 atom stereocenters. The van der Waals surface area contributed by atoms with Crippen molar-refractivity contribution >= 4 is 23.5 Å². The first-order valence-corrected chi connectivity index (χ1v) is 16.1. The number of rotatable bonds is 28. The zero-order valence-corrected chi connectivity index (χ0v) is 22.4. The van der Waals surface area contributed by atoms with E-state index in [0.717, 1.165) is 12.8 Å². The summed E-state index contributed by atoms with van der Waals surface area (Å²) in [5.41, 5.74) is 0. The summed E-state index contributed by atoms with van der Waals surface area (Å²) in [6.45, 7) is 0.733. The van der Waals surface area contributed by atoms with Crippen molar-refractivity contribution in [1.29, 1.82) is 0 Å². The second-order valence-corrected chi connectivity index (χ2v) is 11.5. The fraction of sp³-hybridized carbons (Fsp3) is 1.00. The van der Waals surface area contributed by atoms with Crippen LogP contribution < -0.4 is 0 Å². The molecule has 0 unspecified atom stereocenters. The number of aliphatic hydroxyl groups is 2. The number of hydrogen-bond acceptors (Lipinski definition) is 4. The van der Waals surface area contributed by atoms with Gasteiger partial charge in [-0.05, 0) is 61.5 Å². The standard InChI is InChI=1S/C27H56O2S2/c28-22-16-11-7-3-1-5-9-13-18-24-30-26-20-15-21-27-31-25-19-14-10-6-2-4-8-12-17-23-29/h28-29H,1-27H2. The summed E-state index contributed by atoms with van der Waals surface area (Å²) >= 11 is 4.35. The molecule has 0 spiro atoms. The Balaban J connectivity index is 2.98. The summed E-state index contributed by atoms with van der Waals surface area (Å²) in [7, 11) is 0. The van der Waals surface area contributed by atoms with Gasteiger partial charge in [-0.15, -0.1) is 0 Å². The summed E-state index contributed by atoms with van der Waals surface area (Å²) in [6, 6.07) is 0. The lowest BCUT2D eigenvalue weighted by Crippen LogP contribution is -1.89. The van der Waals surface area contributed by atoms with E-state index in [2.05, 4.69) is 23.5 Å². The molecule has 0 aliphatic rings. The predicted octanol–water partition coefficient (Wildman–Crippen LogP) is 8.63. The van der Waals surface area contributed by atoms with Gasteiger partial charge in [0.05, 0.1) is 0 Å². The Morgan fingerprint density at radius 1 is 0.258 bits per heavy atom. The van der Waals surface area contributed by atoms with E-state index in [1.165, 1.54) is 145 Å². The third-order valence-corrected chi connectivity index (χ3v) is 8.28. The number of thioether (sulfide) groups is 2. The molecule has 0 aromatic heterocycles. The van der Waals surface area contributed by atoms with Crippen LogP contribution in [-0.2, 0) is 0 Å². The molecule has 0 rings (SSSR count). The minimum atomic E-state index is 0.367. The monoisotopic (exact) mass is 476 g/mol. The van der Waals surface area contributed by atoms with Crippen molar-refractivity contribution < 1.29 is 10.2 Å². The normalized spacial score (nSPS) is 11.4. The quantitative estimate of drug-likeness (QED) is 0.111. The topological polar surface area (TPSA) is 40.5 Å². The Morgan fingerprint density at radius 3 is 0.710 bits per heavy atom. The van der Waals surface area contributed by atoms with Crippen LogP contribution in [0.15, 0.2) is 0 Å². The van der Waals surface area contributed by atoms with E-state index < -0.39 is 0 Å². The molecule has 0 radical (unpaired) electrons. The van der Waals surface area contributed by atoms with Crippen molar-refractivity contribution in [3.63, 3.8) is 0 Å². The lowest BCUT2D eigenvalue weighted by atomic mass is 10.1. The van der Waals surface area contributed by atoms with Crippen LogP contribution in [-0.4, -0.2) is 46.4 Å². The van der Waals surface area contributed by atoms with E-state index in [1.54, 1.807) is 0 Å². The molecule has 2 nitrogen and oxygen atoms in total. The van der Waals surface area contributed by atoms with Gasteiger partial charge >= 0.3 is 0 Å². The molecule has 0 aliphatic carbocycles. The molecule has 0 amide bonds. The van der Waals surface area contributed by atoms with Gasteiger partial charge in [-0.3, -0.25) is 0 Å². The molecule has 0 bridgehead atoms. The van der Waals surface area contributed by atoms with E-state index in [4.69, 9.17) is 10.2 Å². The van der Waals surface area contributed by atoms with Crippen LogP contribution in [0.25, 0.3) is 0 Å². The van der Waals surface area contributed by atoms with Gasteiger partial charge in [0.2, 0.25) is 0 Å². The molecule has 0 aromatic carbocycles. The Kier molecular flexibility index (Phi) is 31.2. The second kappa shape index (κ2) is 30.6. The Morgan fingerprint density at radius 2 is 0.452 bits per heavy atom. The molecule has 0 saturated carbocycles. The molecule has 0 fully saturated rings. The zero-order chi connectivity index (χ0) is 22.5. The molecule has 4 heteroatoms. The Hall–Kier alpha value is 0.620. The van der Waals surface area contributed by atoms with Crippen LogP contribution in [0.2, 0.25) is 0 Å². The Labute approximate surface area is 204 Å². The highest BCUT2D eigenvalue weighted by Crippen LogP contribution is 2.15. The van der Waals surface area contributed by atoms with E-state index in [1.807, 2.05) is 0 Å². The molecule has 188 valence electrons. The maximum atomic E-state index is 8.75. The van der Waals surface area contributed by atoms with Crippen molar-refractivity contribution in [2.45, 2.75) is 135 Å². The summed E-state index contributed by atoms with van der Waals surface area (Å²) < 4.78 is 0. The van der Waals surface area contributed by atoms with E-state index in [-0.39, 0.29) is 0 Å². The molecular formula is C27H56O2S2. The van der Waals surface area contributed by atoms with Gasteiger partial charge in [-0.2, -0.15) is 23.5 Å². The van der Waals surface area contributed by atoms with Crippen molar-refractivity contribution in [2.75, 3.05) is 36.2 Å². The highest BCUT2D eigenvalue weighted by atomic mass is 32.2. The SMILES string of the molecule is OCCCCCCCCCCCSCCCCCSCCCCCCCCCCCO. The first-order chi connectivity index (χ1) is 15.4. The second-order valence-electron chi connectivity index (χ2n) is 9.10. The fourth-order valence-electron chi connectivity index (χ4n) is 3.90. The maximum Gasteiger partial charge on any atom is 0.0431 e. The summed E-state index contributed by atoms with van der Waals surface area (Å²) in [5, 5.41) is 17.5. The molecule has 0 aromatic rings. The summed E-state index contributed by atoms with van der Waals surface area (Å²) in [5.74, 6) is 5.48. The van der Waals surface area contributed by atoms with E-state index >= 15 is 0 Å². The van der Waals surface area contributed by atoms with Gasteiger partial charge in [-0.1, -0.05) is 96.3 Å². The molecule has 0 heterocycles. The zero-order valence-electron chi connectivity index (χ0n) is 20.8. The van der Waals surface area contributed by atoms with Crippen LogP contribution >= 0.6 is 23.5 Å². The minimum absolute atomic E-state index is 0.367. The average Bonchev–Trinajstić information content (AvgIpc) is 2.78. The minimum Gasteiger partial charge on any atom is -0.396 e. The van der Waals surface area contributed by atoms with Gasteiger partial charge in [0, 0.05) is 13.2 Å². The van der Waals surface area contributed by atoms with Crippen LogP contribution in [0.1, 0.15) is 135 Å². The smallest absolute Gasteiger partial charge is 0.0431 e. The lowest BCUT2D eigenvalue weighted by molar-refractivity contribution is 0.282. The number of aliphatic hydroxyl groups excluding tert-OH is 2. The maximum absolute atomic E-state index is 8.75.